The van der Waals surface area contributed by atoms with Crippen LogP contribution in [0.1, 0.15) is 33.6 Å². The Hall–Kier alpha value is -0.570. The van der Waals surface area contributed by atoms with Crippen molar-refractivity contribution in [1.29, 1.82) is 0 Å². The predicted molar refractivity (Wildman–Crippen MR) is 46.9 cm³/mol. The second-order valence-electron chi connectivity index (χ2n) is 3.41. The quantitative estimate of drug-likeness (QED) is 0.664. The van der Waals surface area contributed by atoms with Crippen molar-refractivity contribution in [2.45, 2.75) is 39.7 Å². The molecule has 0 aliphatic heterocycles. The van der Waals surface area contributed by atoms with E-state index in [1.165, 1.54) is 0 Å². The van der Waals surface area contributed by atoms with Gasteiger partial charge in [-0.1, -0.05) is 33.6 Å². The minimum atomic E-state index is -1.22. The van der Waals surface area contributed by atoms with E-state index in [1.54, 1.807) is 6.92 Å². The van der Waals surface area contributed by atoms with Gasteiger partial charge in [0.2, 0.25) is 0 Å². The molecule has 0 saturated carbocycles. The Labute approximate surface area is 73.4 Å². The molecule has 0 saturated heterocycles. The molecule has 3 unspecified atom stereocenters. The molecule has 0 radical (unpaired) electrons. The average molecular weight is 174 g/mol. The van der Waals surface area contributed by atoms with Crippen LogP contribution in [-0.2, 0) is 4.79 Å². The summed E-state index contributed by atoms with van der Waals surface area (Å²) in [5.41, 5.74) is 0. The normalized spacial score (nSPS) is 18.3. The molecule has 0 aliphatic rings. The van der Waals surface area contributed by atoms with Gasteiger partial charge in [0, 0.05) is 0 Å². The van der Waals surface area contributed by atoms with Crippen molar-refractivity contribution in [2.24, 2.45) is 11.8 Å². The maximum absolute atomic E-state index is 10.4. The summed E-state index contributed by atoms with van der Waals surface area (Å²) in [6, 6.07) is 0. The molecule has 3 nitrogen and oxygen atoms in total. The third kappa shape index (κ3) is 3.22. The van der Waals surface area contributed by atoms with Crippen molar-refractivity contribution in [1.82, 2.24) is 0 Å². The van der Waals surface area contributed by atoms with Crippen molar-refractivity contribution < 1.29 is 15.0 Å². The van der Waals surface area contributed by atoms with Gasteiger partial charge in [-0.05, 0) is 11.8 Å². The third-order valence-electron chi connectivity index (χ3n) is 2.39. The number of aliphatic hydroxyl groups excluding tert-OH is 1. The summed E-state index contributed by atoms with van der Waals surface area (Å²) in [5.74, 6) is -1.02. The minimum absolute atomic E-state index is 0.164. The van der Waals surface area contributed by atoms with Crippen LogP contribution in [-0.4, -0.2) is 22.3 Å². The Morgan fingerprint density at radius 1 is 1.42 bits per heavy atom. The number of carboxylic acids is 1. The fourth-order valence-electron chi connectivity index (χ4n) is 1.25. The summed E-state index contributed by atoms with van der Waals surface area (Å²) < 4.78 is 0. The molecule has 72 valence electrons. The van der Waals surface area contributed by atoms with E-state index in [0.29, 0.717) is 0 Å². The lowest BCUT2D eigenvalue weighted by Gasteiger charge is -2.21. The Bertz CT molecular complexity index is 145. The summed E-state index contributed by atoms with van der Waals surface area (Å²) in [7, 11) is 0. The van der Waals surface area contributed by atoms with E-state index in [4.69, 9.17) is 5.11 Å². The number of aliphatic hydroxyl groups is 1. The maximum atomic E-state index is 10.4. The molecule has 0 bridgehead atoms. The van der Waals surface area contributed by atoms with Crippen LogP contribution in [0.4, 0.5) is 0 Å². The summed E-state index contributed by atoms with van der Waals surface area (Å²) in [6.07, 6.45) is 0.773. The number of carbonyl (C=O) groups is 1. The van der Waals surface area contributed by atoms with E-state index in [2.05, 4.69) is 6.92 Å². The zero-order valence-electron chi connectivity index (χ0n) is 7.95. The number of rotatable bonds is 5. The lowest BCUT2D eigenvalue weighted by atomic mass is 9.87. The highest BCUT2D eigenvalue weighted by molar-refractivity contribution is 5.72. The molecule has 0 aromatic rings. The molecular formula is C9H18O3. The predicted octanol–water partition coefficient (Wildman–Crippen LogP) is 1.50. The average Bonchev–Trinajstić information content (AvgIpc) is 2.02. The Kier molecular flexibility index (Phi) is 4.90. The van der Waals surface area contributed by atoms with Crippen molar-refractivity contribution in [3.8, 4) is 0 Å². The highest BCUT2D eigenvalue weighted by atomic mass is 16.4. The Morgan fingerprint density at radius 3 is 2.25 bits per heavy atom. The summed E-state index contributed by atoms with van der Waals surface area (Å²) in [4.78, 5) is 10.4. The number of carboxylic acid groups (broad SMARTS) is 1. The molecule has 2 N–H and O–H groups in total. The third-order valence-corrected chi connectivity index (χ3v) is 2.39. The van der Waals surface area contributed by atoms with E-state index in [-0.39, 0.29) is 11.8 Å². The van der Waals surface area contributed by atoms with Crippen LogP contribution in [0.15, 0.2) is 0 Å². The smallest absolute Gasteiger partial charge is 0.332 e. The fourth-order valence-corrected chi connectivity index (χ4v) is 1.25. The van der Waals surface area contributed by atoms with Gasteiger partial charge in [-0.15, -0.1) is 0 Å². The first-order valence-electron chi connectivity index (χ1n) is 4.41. The molecule has 0 amide bonds. The van der Waals surface area contributed by atoms with Gasteiger partial charge < -0.3 is 10.2 Å². The standard InChI is InChI=1S/C9H18O3/c1-4-5-6(2)7(3)8(10)9(11)12/h6-8,10H,4-5H2,1-3H3,(H,11,12). The first-order valence-corrected chi connectivity index (χ1v) is 4.41. The number of aliphatic carboxylic acids is 1. The van der Waals surface area contributed by atoms with Gasteiger partial charge in [0.15, 0.2) is 6.10 Å². The lowest BCUT2D eigenvalue weighted by Crippen LogP contribution is -2.31. The van der Waals surface area contributed by atoms with Crippen LogP contribution in [0.2, 0.25) is 0 Å². The van der Waals surface area contributed by atoms with E-state index >= 15 is 0 Å². The molecule has 12 heavy (non-hydrogen) atoms. The second kappa shape index (κ2) is 5.14. The molecular weight excluding hydrogens is 156 g/mol. The van der Waals surface area contributed by atoms with Crippen molar-refractivity contribution in [3.05, 3.63) is 0 Å². The topological polar surface area (TPSA) is 57.5 Å². The van der Waals surface area contributed by atoms with E-state index < -0.39 is 12.1 Å². The zero-order valence-corrected chi connectivity index (χ0v) is 7.95. The van der Waals surface area contributed by atoms with E-state index in [1.807, 2.05) is 6.92 Å². The van der Waals surface area contributed by atoms with Crippen LogP contribution in [0.3, 0.4) is 0 Å². The zero-order chi connectivity index (χ0) is 9.72. The first kappa shape index (κ1) is 11.4. The largest absolute Gasteiger partial charge is 0.479 e. The monoisotopic (exact) mass is 174 g/mol. The van der Waals surface area contributed by atoms with Gasteiger partial charge in [0.05, 0.1) is 0 Å². The first-order chi connectivity index (χ1) is 5.50. The lowest BCUT2D eigenvalue weighted by molar-refractivity contribution is -0.150. The number of hydrogen-bond donors (Lipinski definition) is 2. The van der Waals surface area contributed by atoms with Crippen molar-refractivity contribution in [2.75, 3.05) is 0 Å². The van der Waals surface area contributed by atoms with Gasteiger partial charge in [-0.2, -0.15) is 0 Å². The fraction of sp³-hybridized carbons (Fsp3) is 0.889. The van der Waals surface area contributed by atoms with Gasteiger partial charge >= 0.3 is 5.97 Å². The van der Waals surface area contributed by atoms with Crippen LogP contribution in [0.5, 0.6) is 0 Å². The Balaban J connectivity index is 3.99. The van der Waals surface area contributed by atoms with Crippen LogP contribution in [0, 0.1) is 11.8 Å². The van der Waals surface area contributed by atoms with Crippen molar-refractivity contribution >= 4 is 5.97 Å². The van der Waals surface area contributed by atoms with Gasteiger partial charge in [0.25, 0.3) is 0 Å². The van der Waals surface area contributed by atoms with Gasteiger partial charge in [0.1, 0.15) is 0 Å². The molecule has 0 rings (SSSR count). The molecule has 0 heterocycles. The molecule has 0 aromatic heterocycles. The Morgan fingerprint density at radius 2 is 1.92 bits per heavy atom. The molecule has 3 heteroatoms. The molecule has 0 aromatic carbocycles. The van der Waals surface area contributed by atoms with Gasteiger partial charge in [-0.25, -0.2) is 4.79 Å². The molecule has 0 spiro atoms. The summed E-state index contributed by atoms with van der Waals surface area (Å²) >= 11 is 0. The van der Waals surface area contributed by atoms with Crippen LogP contribution < -0.4 is 0 Å². The number of hydrogen-bond acceptors (Lipinski definition) is 2. The molecule has 3 atom stereocenters. The van der Waals surface area contributed by atoms with Gasteiger partial charge in [-0.3, -0.25) is 0 Å². The van der Waals surface area contributed by atoms with Crippen LogP contribution in [0.25, 0.3) is 0 Å². The van der Waals surface area contributed by atoms with E-state index in [0.717, 1.165) is 12.8 Å². The van der Waals surface area contributed by atoms with Crippen LogP contribution >= 0.6 is 0 Å². The summed E-state index contributed by atoms with van der Waals surface area (Å²) in [5, 5.41) is 17.7. The maximum Gasteiger partial charge on any atom is 0.332 e. The highest BCUT2D eigenvalue weighted by Crippen LogP contribution is 2.20. The molecule has 0 aliphatic carbocycles. The van der Waals surface area contributed by atoms with E-state index in [9.17, 15) is 9.90 Å². The van der Waals surface area contributed by atoms with Crippen molar-refractivity contribution in [3.63, 3.8) is 0 Å². The second-order valence-corrected chi connectivity index (χ2v) is 3.41. The molecule has 0 fully saturated rings. The SMILES string of the molecule is CCCC(C)C(C)C(O)C(=O)O. The highest BCUT2D eigenvalue weighted by Gasteiger charge is 2.25. The summed E-state index contributed by atoms with van der Waals surface area (Å²) in [6.45, 7) is 5.80. The minimum Gasteiger partial charge on any atom is -0.479 e.